The smallest absolute Gasteiger partial charge is 0.391 e. The number of alkyl halides is 3. The molecule has 0 aromatic carbocycles. The molecule has 1 aliphatic heterocycles. The first kappa shape index (κ1) is 15.3. The second-order valence-corrected chi connectivity index (χ2v) is 4.85. The van der Waals surface area contributed by atoms with Gasteiger partial charge in [0, 0.05) is 0 Å². The molecule has 0 bridgehead atoms. The fourth-order valence-corrected chi connectivity index (χ4v) is 2.40. The van der Waals surface area contributed by atoms with Crippen LogP contribution in [-0.2, 0) is 4.79 Å². The molecule has 18 heavy (non-hydrogen) atoms. The van der Waals surface area contributed by atoms with E-state index in [-0.39, 0.29) is 25.9 Å². The number of carboxylic acids is 1. The summed E-state index contributed by atoms with van der Waals surface area (Å²) < 4.78 is 37.5. The van der Waals surface area contributed by atoms with Crippen LogP contribution in [-0.4, -0.2) is 41.3 Å². The Morgan fingerprint density at radius 3 is 2.33 bits per heavy atom. The third kappa shape index (κ3) is 4.15. The molecule has 106 valence electrons. The molecule has 1 rings (SSSR count). The van der Waals surface area contributed by atoms with Crippen LogP contribution < -0.4 is 0 Å². The van der Waals surface area contributed by atoms with E-state index in [4.69, 9.17) is 5.11 Å². The molecule has 0 aliphatic carbocycles. The minimum Gasteiger partial charge on any atom is -0.480 e. The number of nitrogens with zero attached hydrogens (tertiary/aromatic N) is 1. The number of rotatable bonds is 5. The first-order valence-corrected chi connectivity index (χ1v) is 6.39. The summed E-state index contributed by atoms with van der Waals surface area (Å²) in [6, 6.07) is -0.626. The van der Waals surface area contributed by atoms with Crippen molar-refractivity contribution in [3.63, 3.8) is 0 Å². The predicted molar refractivity (Wildman–Crippen MR) is 61.3 cm³/mol. The zero-order chi connectivity index (χ0) is 13.8. The summed E-state index contributed by atoms with van der Waals surface area (Å²) in [5.41, 5.74) is 0. The van der Waals surface area contributed by atoms with Crippen molar-refractivity contribution < 1.29 is 23.1 Å². The Morgan fingerprint density at radius 2 is 1.94 bits per heavy atom. The van der Waals surface area contributed by atoms with Gasteiger partial charge in [-0.1, -0.05) is 19.8 Å². The molecule has 0 aromatic heterocycles. The number of carboxylic acid groups (broad SMARTS) is 1. The van der Waals surface area contributed by atoms with Crippen molar-refractivity contribution in [3.05, 3.63) is 0 Å². The van der Waals surface area contributed by atoms with Crippen LogP contribution in [0.3, 0.4) is 0 Å². The van der Waals surface area contributed by atoms with Crippen LogP contribution >= 0.6 is 0 Å². The Balaban J connectivity index is 2.51. The van der Waals surface area contributed by atoms with Gasteiger partial charge in [0.2, 0.25) is 0 Å². The van der Waals surface area contributed by atoms with Gasteiger partial charge in [0.05, 0.1) is 5.92 Å². The number of carbonyl (C=O) groups is 1. The van der Waals surface area contributed by atoms with Crippen molar-refractivity contribution in [3.8, 4) is 0 Å². The first-order valence-electron chi connectivity index (χ1n) is 6.39. The minimum atomic E-state index is -4.14. The molecule has 1 aliphatic rings. The Kier molecular flexibility index (Phi) is 5.44. The van der Waals surface area contributed by atoms with Gasteiger partial charge in [-0.2, -0.15) is 13.2 Å². The SMILES string of the molecule is CCCCC(C(=O)O)N1CCC(C(F)(F)F)CC1. The van der Waals surface area contributed by atoms with Gasteiger partial charge in [0.25, 0.3) is 0 Å². The second-order valence-electron chi connectivity index (χ2n) is 4.85. The standard InChI is InChI=1S/C12H20F3NO2/c1-2-3-4-10(11(17)18)16-7-5-9(6-8-16)12(13,14)15/h9-10H,2-8H2,1H3,(H,17,18). The summed E-state index contributed by atoms with van der Waals surface area (Å²) in [5.74, 6) is -2.19. The second kappa shape index (κ2) is 6.41. The maximum atomic E-state index is 12.5. The fourth-order valence-electron chi connectivity index (χ4n) is 2.40. The quantitative estimate of drug-likeness (QED) is 0.832. The molecular formula is C12H20F3NO2. The molecule has 0 saturated carbocycles. The van der Waals surface area contributed by atoms with Crippen molar-refractivity contribution in [2.24, 2.45) is 5.92 Å². The molecule has 1 N–H and O–H groups in total. The van der Waals surface area contributed by atoms with E-state index < -0.39 is 24.1 Å². The van der Waals surface area contributed by atoms with Crippen LogP contribution in [0, 0.1) is 5.92 Å². The average molecular weight is 267 g/mol. The minimum absolute atomic E-state index is 0.0133. The maximum Gasteiger partial charge on any atom is 0.391 e. The summed E-state index contributed by atoms with van der Waals surface area (Å²) in [6.07, 6.45) is -1.92. The van der Waals surface area contributed by atoms with Crippen LogP contribution in [0.1, 0.15) is 39.0 Å². The van der Waals surface area contributed by atoms with E-state index in [1.54, 1.807) is 4.90 Å². The van der Waals surface area contributed by atoms with E-state index in [1.807, 2.05) is 6.92 Å². The normalized spacial score (nSPS) is 20.9. The lowest BCUT2D eigenvalue weighted by molar-refractivity contribution is -0.186. The van der Waals surface area contributed by atoms with Crippen LogP contribution in [0.15, 0.2) is 0 Å². The molecule has 1 fully saturated rings. The molecule has 3 nitrogen and oxygen atoms in total. The lowest BCUT2D eigenvalue weighted by atomic mass is 9.94. The van der Waals surface area contributed by atoms with E-state index in [0.717, 1.165) is 12.8 Å². The third-order valence-electron chi connectivity index (χ3n) is 3.55. The van der Waals surface area contributed by atoms with E-state index in [0.29, 0.717) is 6.42 Å². The zero-order valence-corrected chi connectivity index (χ0v) is 10.5. The lowest BCUT2D eigenvalue weighted by Gasteiger charge is -2.36. The lowest BCUT2D eigenvalue weighted by Crippen LogP contribution is -2.47. The fraction of sp³-hybridized carbons (Fsp3) is 0.917. The van der Waals surface area contributed by atoms with E-state index in [2.05, 4.69) is 0 Å². The average Bonchev–Trinajstić information content (AvgIpc) is 2.28. The van der Waals surface area contributed by atoms with Gasteiger partial charge in [-0.3, -0.25) is 9.69 Å². The Bertz CT molecular complexity index is 273. The molecule has 1 unspecified atom stereocenters. The number of aliphatic carboxylic acids is 1. The Morgan fingerprint density at radius 1 is 1.39 bits per heavy atom. The van der Waals surface area contributed by atoms with Gasteiger partial charge in [-0.15, -0.1) is 0 Å². The van der Waals surface area contributed by atoms with Crippen LogP contribution in [0.25, 0.3) is 0 Å². The van der Waals surface area contributed by atoms with E-state index in [1.165, 1.54) is 0 Å². The highest BCUT2D eigenvalue weighted by Gasteiger charge is 2.42. The topological polar surface area (TPSA) is 40.5 Å². The van der Waals surface area contributed by atoms with Gasteiger partial charge in [0.15, 0.2) is 0 Å². The third-order valence-corrected chi connectivity index (χ3v) is 3.55. The molecule has 1 saturated heterocycles. The summed E-state index contributed by atoms with van der Waals surface area (Å²) in [7, 11) is 0. The predicted octanol–water partition coefficient (Wildman–Crippen LogP) is 2.90. The van der Waals surface area contributed by atoms with Crippen molar-refractivity contribution >= 4 is 5.97 Å². The number of halogens is 3. The molecule has 1 heterocycles. The molecule has 0 aromatic rings. The summed E-state index contributed by atoms with van der Waals surface area (Å²) in [6.45, 7) is 2.42. The largest absolute Gasteiger partial charge is 0.480 e. The number of likely N-dealkylation sites (tertiary alicyclic amines) is 1. The summed E-state index contributed by atoms with van der Waals surface area (Å²) in [5, 5.41) is 9.11. The van der Waals surface area contributed by atoms with E-state index in [9.17, 15) is 18.0 Å². The number of hydrogen-bond acceptors (Lipinski definition) is 2. The van der Waals surface area contributed by atoms with E-state index >= 15 is 0 Å². The molecule has 0 spiro atoms. The van der Waals surface area contributed by atoms with Crippen LogP contribution in [0.4, 0.5) is 13.2 Å². The maximum absolute atomic E-state index is 12.5. The highest BCUT2D eigenvalue weighted by Crippen LogP contribution is 2.34. The first-order chi connectivity index (χ1) is 8.36. The Labute approximate surface area is 105 Å². The van der Waals surface area contributed by atoms with Gasteiger partial charge >= 0.3 is 12.1 Å². The van der Waals surface area contributed by atoms with Crippen LogP contribution in [0.2, 0.25) is 0 Å². The Hall–Kier alpha value is -0.780. The highest BCUT2D eigenvalue weighted by molar-refractivity contribution is 5.73. The molecular weight excluding hydrogens is 247 g/mol. The van der Waals surface area contributed by atoms with Gasteiger partial charge in [-0.05, 0) is 32.4 Å². The van der Waals surface area contributed by atoms with Crippen molar-refractivity contribution in [2.75, 3.05) is 13.1 Å². The molecule has 0 radical (unpaired) electrons. The molecule has 6 heteroatoms. The monoisotopic (exact) mass is 267 g/mol. The highest BCUT2D eigenvalue weighted by atomic mass is 19.4. The summed E-state index contributed by atoms with van der Waals surface area (Å²) in [4.78, 5) is 12.8. The van der Waals surface area contributed by atoms with Crippen molar-refractivity contribution in [2.45, 2.75) is 51.2 Å². The van der Waals surface area contributed by atoms with Gasteiger partial charge in [-0.25, -0.2) is 0 Å². The van der Waals surface area contributed by atoms with Crippen molar-refractivity contribution in [1.29, 1.82) is 0 Å². The summed E-state index contributed by atoms with van der Waals surface area (Å²) >= 11 is 0. The molecule has 0 amide bonds. The van der Waals surface area contributed by atoms with Crippen LogP contribution in [0.5, 0.6) is 0 Å². The number of piperidine rings is 1. The molecule has 1 atom stereocenters. The number of hydrogen-bond donors (Lipinski definition) is 1. The number of unbranched alkanes of at least 4 members (excludes halogenated alkanes) is 1. The van der Waals surface area contributed by atoms with Gasteiger partial charge < -0.3 is 5.11 Å². The van der Waals surface area contributed by atoms with Crippen molar-refractivity contribution in [1.82, 2.24) is 4.90 Å². The van der Waals surface area contributed by atoms with Gasteiger partial charge in [0.1, 0.15) is 6.04 Å². The zero-order valence-electron chi connectivity index (χ0n) is 10.5.